The SMILES string of the molecule is Cc1ccc(CC(COCc2cc(C(F)(F)F)cc(C(F)(F)F)c2)n2c(=N)n(Cc3ccc(C)cc3)c3ccccc32)cc1. The third kappa shape index (κ3) is 7.07. The molecule has 1 unspecified atom stereocenters. The highest BCUT2D eigenvalue weighted by Gasteiger charge is 2.37. The summed E-state index contributed by atoms with van der Waals surface area (Å²) < 4.78 is 90.1. The van der Waals surface area contributed by atoms with Gasteiger partial charge in [-0.15, -0.1) is 0 Å². The van der Waals surface area contributed by atoms with Gasteiger partial charge in [-0.3, -0.25) is 5.41 Å². The number of nitrogens with one attached hydrogen (secondary N) is 1. The van der Waals surface area contributed by atoms with E-state index in [0.717, 1.165) is 33.3 Å². The molecule has 230 valence electrons. The Morgan fingerprint density at radius 3 is 1.75 bits per heavy atom. The third-order valence-corrected chi connectivity index (χ3v) is 7.56. The van der Waals surface area contributed by atoms with Crippen LogP contribution in [0.25, 0.3) is 11.0 Å². The Morgan fingerprint density at radius 2 is 1.20 bits per heavy atom. The fourth-order valence-electron chi connectivity index (χ4n) is 5.30. The Labute approximate surface area is 250 Å². The van der Waals surface area contributed by atoms with Crippen molar-refractivity contribution in [2.45, 2.75) is 51.8 Å². The summed E-state index contributed by atoms with van der Waals surface area (Å²) in [6, 6.07) is 24.4. The summed E-state index contributed by atoms with van der Waals surface area (Å²) in [6.07, 6.45) is -9.47. The van der Waals surface area contributed by atoms with E-state index in [0.29, 0.717) is 25.1 Å². The quantitative estimate of drug-likeness (QED) is 0.167. The summed E-state index contributed by atoms with van der Waals surface area (Å²) in [5.74, 6) is 0. The summed E-state index contributed by atoms with van der Waals surface area (Å²) in [6.45, 7) is 3.88. The molecule has 0 aliphatic rings. The van der Waals surface area contributed by atoms with Crippen LogP contribution in [0.4, 0.5) is 26.3 Å². The van der Waals surface area contributed by atoms with Crippen LogP contribution < -0.4 is 5.62 Å². The van der Waals surface area contributed by atoms with E-state index >= 15 is 0 Å². The van der Waals surface area contributed by atoms with Crippen LogP contribution in [0.15, 0.2) is 91.0 Å². The Kier molecular flexibility index (Phi) is 8.74. The van der Waals surface area contributed by atoms with E-state index in [4.69, 9.17) is 4.74 Å². The molecule has 10 heteroatoms. The van der Waals surface area contributed by atoms with Crippen LogP contribution in [0, 0.1) is 19.3 Å². The minimum absolute atomic E-state index is 0.0550. The van der Waals surface area contributed by atoms with Gasteiger partial charge >= 0.3 is 12.4 Å². The topological polar surface area (TPSA) is 42.9 Å². The van der Waals surface area contributed by atoms with Crippen LogP contribution >= 0.6 is 0 Å². The van der Waals surface area contributed by atoms with E-state index < -0.39 is 36.1 Å². The second-order valence-corrected chi connectivity index (χ2v) is 11.0. The first-order valence-electron chi connectivity index (χ1n) is 14.0. The number of ether oxygens (including phenoxy) is 1. The summed E-state index contributed by atoms with van der Waals surface area (Å²) in [5, 5.41) is 9.21. The lowest BCUT2D eigenvalue weighted by atomic mass is 10.0. The van der Waals surface area contributed by atoms with Crippen LogP contribution in [0.1, 0.15) is 45.0 Å². The lowest BCUT2D eigenvalue weighted by Crippen LogP contribution is -2.31. The maximum atomic E-state index is 13.4. The molecule has 0 spiro atoms. The number of para-hydroxylation sites is 2. The Balaban J connectivity index is 1.50. The van der Waals surface area contributed by atoms with Crippen molar-refractivity contribution in [2.24, 2.45) is 0 Å². The number of aromatic nitrogens is 2. The van der Waals surface area contributed by atoms with Gasteiger partial charge in [0, 0.05) is 0 Å². The third-order valence-electron chi connectivity index (χ3n) is 7.56. The number of aryl methyl sites for hydroxylation is 2. The summed E-state index contributed by atoms with van der Waals surface area (Å²) in [4.78, 5) is 0. The Hall–Kier alpha value is -4.31. The number of benzene rings is 4. The number of rotatable bonds is 9. The van der Waals surface area contributed by atoms with Crippen LogP contribution in [0.3, 0.4) is 0 Å². The molecular formula is C34H31F6N3O. The molecule has 1 heterocycles. The number of fused-ring (bicyclic) bond motifs is 1. The van der Waals surface area contributed by atoms with Crippen molar-refractivity contribution in [3.05, 3.63) is 136 Å². The van der Waals surface area contributed by atoms with Gasteiger partial charge in [-0.25, -0.2) is 0 Å². The average Bonchev–Trinajstić information content (AvgIpc) is 3.24. The average molecular weight is 612 g/mol. The van der Waals surface area contributed by atoms with Crippen LogP contribution in [-0.4, -0.2) is 15.7 Å². The minimum atomic E-state index is -4.95. The molecule has 5 aromatic rings. The van der Waals surface area contributed by atoms with Gasteiger partial charge in [-0.05, 0) is 67.3 Å². The highest BCUT2D eigenvalue weighted by Crippen LogP contribution is 2.36. The smallest absolute Gasteiger partial charge is 0.375 e. The van der Waals surface area contributed by atoms with Crippen molar-refractivity contribution < 1.29 is 31.1 Å². The van der Waals surface area contributed by atoms with Gasteiger partial charge in [0.25, 0.3) is 0 Å². The summed E-state index contributed by atoms with van der Waals surface area (Å²) in [5.41, 5.74) is 2.92. The highest BCUT2D eigenvalue weighted by molar-refractivity contribution is 5.76. The summed E-state index contributed by atoms with van der Waals surface area (Å²) in [7, 11) is 0. The number of alkyl halides is 6. The molecular weight excluding hydrogens is 580 g/mol. The fourth-order valence-corrected chi connectivity index (χ4v) is 5.30. The largest absolute Gasteiger partial charge is 0.416 e. The minimum Gasteiger partial charge on any atom is -0.375 e. The first-order chi connectivity index (χ1) is 20.8. The van der Waals surface area contributed by atoms with E-state index in [1.54, 1.807) is 0 Å². The van der Waals surface area contributed by atoms with Crippen molar-refractivity contribution >= 4 is 11.0 Å². The zero-order valence-corrected chi connectivity index (χ0v) is 24.1. The van der Waals surface area contributed by atoms with Crippen LogP contribution in [-0.2, 0) is 36.7 Å². The second kappa shape index (κ2) is 12.4. The molecule has 4 aromatic carbocycles. The molecule has 0 bridgehead atoms. The van der Waals surface area contributed by atoms with Crippen molar-refractivity contribution in [3.8, 4) is 0 Å². The van der Waals surface area contributed by atoms with E-state index in [2.05, 4.69) is 0 Å². The predicted octanol–water partition coefficient (Wildman–Crippen LogP) is 8.63. The molecule has 1 aromatic heterocycles. The van der Waals surface area contributed by atoms with E-state index in [1.807, 2.05) is 95.8 Å². The van der Waals surface area contributed by atoms with Gasteiger partial charge in [0.15, 0.2) is 0 Å². The first-order valence-corrected chi connectivity index (χ1v) is 14.0. The predicted molar refractivity (Wildman–Crippen MR) is 156 cm³/mol. The standard InChI is InChI=1S/C34H31F6N3O/c1-22-7-11-24(12-8-22)17-29(21-44-20-26-15-27(33(35,36)37)18-28(16-26)34(38,39)40)43-31-6-4-3-5-30(31)42(32(43)41)19-25-13-9-23(2)10-14-25/h3-16,18,29,41H,17,19-21H2,1-2H3. The Bertz CT molecular complexity index is 1770. The van der Waals surface area contributed by atoms with Gasteiger partial charge in [-0.1, -0.05) is 71.8 Å². The Morgan fingerprint density at radius 1 is 0.682 bits per heavy atom. The molecule has 0 aliphatic carbocycles. The molecule has 0 fully saturated rings. The van der Waals surface area contributed by atoms with Gasteiger partial charge in [-0.2, -0.15) is 26.3 Å². The maximum Gasteiger partial charge on any atom is 0.416 e. The van der Waals surface area contributed by atoms with Crippen molar-refractivity contribution in [1.82, 2.24) is 9.13 Å². The van der Waals surface area contributed by atoms with Crippen LogP contribution in [0.2, 0.25) is 0 Å². The molecule has 0 saturated heterocycles. The molecule has 5 rings (SSSR count). The maximum absolute atomic E-state index is 13.4. The summed E-state index contributed by atoms with van der Waals surface area (Å²) >= 11 is 0. The fraction of sp³-hybridized carbons (Fsp3) is 0.265. The van der Waals surface area contributed by atoms with Gasteiger partial charge < -0.3 is 13.9 Å². The zero-order valence-electron chi connectivity index (χ0n) is 24.1. The van der Waals surface area contributed by atoms with Gasteiger partial charge in [0.2, 0.25) is 5.62 Å². The highest BCUT2D eigenvalue weighted by atomic mass is 19.4. The normalized spacial score (nSPS) is 13.0. The number of nitrogens with zero attached hydrogens (tertiary/aromatic N) is 2. The monoisotopic (exact) mass is 611 g/mol. The number of hydrogen-bond acceptors (Lipinski definition) is 2. The lowest BCUT2D eigenvalue weighted by Gasteiger charge is -2.21. The molecule has 0 aliphatic heterocycles. The molecule has 1 N–H and O–H groups in total. The number of imidazole rings is 1. The van der Waals surface area contributed by atoms with Crippen molar-refractivity contribution in [1.29, 1.82) is 5.41 Å². The van der Waals surface area contributed by atoms with Crippen molar-refractivity contribution in [2.75, 3.05) is 6.61 Å². The molecule has 0 radical (unpaired) electrons. The second-order valence-electron chi connectivity index (χ2n) is 11.0. The van der Waals surface area contributed by atoms with E-state index in [1.165, 1.54) is 0 Å². The molecule has 0 saturated carbocycles. The molecule has 44 heavy (non-hydrogen) atoms. The zero-order chi connectivity index (χ0) is 31.6. The van der Waals surface area contributed by atoms with E-state index in [9.17, 15) is 31.8 Å². The van der Waals surface area contributed by atoms with E-state index in [-0.39, 0.29) is 23.9 Å². The number of halogens is 6. The van der Waals surface area contributed by atoms with Crippen molar-refractivity contribution in [3.63, 3.8) is 0 Å². The lowest BCUT2D eigenvalue weighted by molar-refractivity contribution is -0.143. The molecule has 1 atom stereocenters. The molecule has 0 amide bonds. The first kappa shape index (κ1) is 31.1. The molecule has 4 nitrogen and oxygen atoms in total. The van der Waals surface area contributed by atoms with Gasteiger partial charge in [0.1, 0.15) is 0 Å². The number of hydrogen-bond donors (Lipinski definition) is 1. The van der Waals surface area contributed by atoms with Crippen LogP contribution in [0.5, 0.6) is 0 Å². The van der Waals surface area contributed by atoms with Gasteiger partial charge in [0.05, 0.1) is 48.0 Å².